The van der Waals surface area contributed by atoms with Crippen molar-refractivity contribution < 1.29 is 35.5 Å². The van der Waals surface area contributed by atoms with Crippen LogP contribution in [0.1, 0.15) is 80.5 Å². The number of alkyl halides is 6. The fourth-order valence-corrected chi connectivity index (χ4v) is 6.50. The molecule has 1 amide bonds. The van der Waals surface area contributed by atoms with Crippen molar-refractivity contribution in [3.63, 3.8) is 0 Å². The molecule has 2 fully saturated rings. The number of benzene rings is 2. The summed E-state index contributed by atoms with van der Waals surface area (Å²) in [6.07, 6.45) is -5.47. The molecule has 1 saturated carbocycles. The molecule has 40 heavy (non-hydrogen) atoms. The molecule has 1 aliphatic heterocycles. The van der Waals surface area contributed by atoms with Crippen molar-refractivity contribution in [2.75, 3.05) is 13.1 Å². The second-order valence-corrected chi connectivity index (χ2v) is 11.7. The van der Waals surface area contributed by atoms with Crippen molar-refractivity contribution in [3.05, 3.63) is 70.5 Å². The van der Waals surface area contributed by atoms with Gasteiger partial charge in [-0.1, -0.05) is 26.0 Å². The third-order valence-corrected chi connectivity index (χ3v) is 8.35. The van der Waals surface area contributed by atoms with Crippen LogP contribution < -0.4 is 5.32 Å². The monoisotopic (exact) mass is 572 g/mol. The number of carbonyl (C=O) groups excluding carboxylic acids is 1. The second kappa shape index (κ2) is 11.7. The van der Waals surface area contributed by atoms with Crippen LogP contribution in [-0.4, -0.2) is 29.9 Å². The highest BCUT2D eigenvalue weighted by molar-refractivity contribution is 5.83. The first-order chi connectivity index (χ1) is 18.7. The highest BCUT2D eigenvalue weighted by Gasteiger charge is 2.47. The van der Waals surface area contributed by atoms with E-state index in [-0.39, 0.29) is 35.3 Å². The van der Waals surface area contributed by atoms with E-state index in [1.807, 2.05) is 26.0 Å². The molecule has 0 spiro atoms. The summed E-state index contributed by atoms with van der Waals surface area (Å²) in [6.45, 7) is 5.27. The molecular formula is C30H35F7N2O. The first kappa shape index (κ1) is 30.3. The van der Waals surface area contributed by atoms with Crippen molar-refractivity contribution in [3.8, 4) is 0 Å². The van der Waals surface area contributed by atoms with Crippen LogP contribution in [0, 0.1) is 17.2 Å². The van der Waals surface area contributed by atoms with Gasteiger partial charge in [0.05, 0.1) is 16.5 Å². The summed E-state index contributed by atoms with van der Waals surface area (Å²) in [4.78, 5) is 15.9. The molecule has 0 aromatic heterocycles. The Kier molecular flexibility index (Phi) is 8.88. The average molecular weight is 573 g/mol. The van der Waals surface area contributed by atoms with Crippen LogP contribution >= 0.6 is 0 Å². The predicted molar refractivity (Wildman–Crippen MR) is 138 cm³/mol. The Bertz CT molecular complexity index is 1140. The van der Waals surface area contributed by atoms with E-state index in [0.717, 1.165) is 37.9 Å². The van der Waals surface area contributed by atoms with Crippen molar-refractivity contribution in [1.29, 1.82) is 0 Å². The molecule has 4 rings (SSSR count). The van der Waals surface area contributed by atoms with Gasteiger partial charge in [-0.05, 0) is 105 Å². The number of amides is 1. The Morgan fingerprint density at radius 2 is 1.52 bits per heavy atom. The van der Waals surface area contributed by atoms with E-state index in [2.05, 4.69) is 10.2 Å². The fraction of sp³-hybridized carbons (Fsp3) is 0.567. The van der Waals surface area contributed by atoms with Crippen LogP contribution in [0.4, 0.5) is 30.7 Å². The fourth-order valence-electron chi connectivity index (χ4n) is 6.50. The molecule has 2 aromatic carbocycles. The molecule has 2 unspecified atom stereocenters. The number of hydrogen-bond donors (Lipinski definition) is 1. The number of carbonyl (C=O) groups is 1. The third kappa shape index (κ3) is 7.17. The van der Waals surface area contributed by atoms with Gasteiger partial charge in [0.25, 0.3) is 0 Å². The molecule has 2 aliphatic rings. The van der Waals surface area contributed by atoms with Gasteiger partial charge in [0.2, 0.25) is 5.91 Å². The molecule has 220 valence electrons. The van der Waals surface area contributed by atoms with E-state index in [9.17, 15) is 35.5 Å². The van der Waals surface area contributed by atoms with E-state index < -0.39 is 35.4 Å². The molecule has 1 aliphatic carbocycles. The summed E-state index contributed by atoms with van der Waals surface area (Å²) in [5, 5.41) is 2.68. The van der Waals surface area contributed by atoms with Gasteiger partial charge in [0.1, 0.15) is 5.82 Å². The normalized spacial score (nSPS) is 23.1. The molecule has 0 radical (unpaired) electrons. The van der Waals surface area contributed by atoms with Gasteiger partial charge in [-0.25, -0.2) is 4.39 Å². The van der Waals surface area contributed by atoms with E-state index in [0.29, 0.717) is 37.3 Å². The maximum absolute atomic E-state index is 13.5. The summed E-state index contributed by atoms with van der Waals surface area (Å²) < 4.78 is 92.9. The van der Waals surface area contributed by atoms with Crippen LogP contribution in [0.5, 0.6) is 0 Å². The molecule has 10 heteroatoms. The van der Waals surface area contributed by atoms with Gasteiger partial charge in [0.15, 0.2) is 0 Å². The molecule has 1 saturated heterocycles. The van der Waals surface area contributed by atoms with Gasteiger partial charge in [-0.15, -0.1) is 0 Å². The van der Waals surface area contributed by atoms with E-state index in [1.54, 1.807) is 0 Å². The summed E-state index contributed by atoms with van der Waals surface area (Å²) in [5.74, 6) is -0.0632. The minimum atomic E-state index is -4.94. The van der Waals surface area contributed by atoms with Crippen LogP contribution in [0.25, 0.3) is 0 Å². The maximum Gasteiger partial charge on any atom is 0.416 e. The number of halogens is 7. The van der Waals surface area contributed by atoms with E-state index >= 15 is 0 Å². The van der Waals surface area contributed by atoms with Gasteiger partial charge < -0.3 is 10.2 Å². The Labute approximate surface area is 230 Å². The lowest BCUT2D eigenvalue weighted by Gasteiger charge is -2.37. The van der Waals surface area contributed by atoms with Crippen LogP contribution in [0.15, 0.2) is 42.5 Å². The van der Waals surface area contributed by atoms with Crippen molar-refractivity contribution >= 4 is 5.91 Å². The molecular weight excluding hydrogens is 537 g/mol. The zero-order chi connectivity index (χ0) is 29.3. The number of rotatable bonds is 7. The summed E-state index contributed by atoms with van der Waals surface area (Å²) in [7, 11) is 0. The summed E-state index contributed by atoms with van der Waals surface area (Å²) in [5.41, 5.74) is -2.65. The first-order valence-corrected chi connectivity index (χ1v) is 13.7. The minimum Gasteiger partial charge on any atom is -0.352 e. The Morgan fingerprint density at radius 3 is 2.05 bits per heavy atom. The molecule has 1 heterocycles. The van der Waals surface area contributed by atoms with Crippen molar-refractivity contribution in [2.45, 2.75) is 83.2 Å². The van der Waals surface area contributed by atoms with Gasteiger partial charge >= 0.3 is 12.4 Å². The largest absolute Gasteiger partial charge is 0.416 e. The highest BCUT2D eigenvalue weighted by atomic mass is 19.4. The number of nitrogens with zero attached hydrogens (tertiary/aromatic N) is 1. The zero-order valence-corrected chi connectivity index (χ0v) is 22.6. The van der Waals surface area contributed by atoms with Gasteiger partial charge in [0, 0.05) is 12.6 Å². The predicted octanol–water partition coefficient (Wildman–Crippen LogP) is 7.94. The first-order valence-electron chi connectivity index (χ1n) is 13.7. The van der Waals surface area contributed by atoms with E-state index in [4.69, 9.17) is 0 Å². The molecule has 0 bridgehead atoms. The minimum absolute atomic E-state index is 0.0897. The van der Waals surface area contributed by atoms with Gasteiger partial charge in [-0.2, -0.15) is 26.3 Å². The SMILES string of the molecule is CC(C)CC1(C(=O)NCc2cc(C(F)(F)F)cc(C(F)(F)F)c2)CCC(N2CCC(c3ccc(F)cc3)CC2)C1. The smallest absolute Gasteiger partial charge is 0.352 e. The maximum atomic E-state index is 13.5. The molecule has 1 N–H and O–H groups in total. The van der Waals surface area contributed by atoms with Crippen LogP contribution in [-0.2, 0) is 23.7 Å². The Balaban J connectivity index is 1.43. The number of piperidine rings is 1. The zero-order valence-electron chi connectivity index (χ0n) is 22.6. The number of likely N-dealkylation sites (tertiary alicyclic amines) is 1. The topological polar surface area (TPSA) is 32.3 Å². The van der Waals surface area contributed by atoms with Crippen LogP contribution in [0.3, 0.4) is 0 Å². The summed E-state index contributed by atoms with van der Waals surface area (Å²) >= 11 is 0. The summed E-state index contributed by atoms with van der Waals surface area (Å²) in [6, 6.07) is 8.18. The molecule has 3 nitrogen and oxygen atoms in total. The molecule has 2 aromatic rings. The van der Waals surface area contributed by atoms with Crippen molar-refractivity contribution in [1.82, 2.24) is 10.2 Å². The third-order valence-electron chi connectivity index (χ3n) is 8.35. The Hall–Kier alpha value is -2.62. The number of hydrogen-bond acceptors (Lipinski definition) is 2. The highest BCUT2D eigenvalue weighted by Crippen LogP contribution is 2.46. The van der Waals surface area contributed by atoms with E-state index in [1.165, 1.54) is 12.1 Å². The lowest BCUT2D eigenvalue weighted by molar-refractivity contribution is -0.143. The lowest BCUT2D eigenvalue weighted by atomic mass is 9.77. The Morgan fingerprint density at radius 1 is 0.950 bits per heavy atom. The quantitative estimate of drug-likeness (QED) is 0.342. The van der Waals surface area contributed by atoms with Crippen molar-refractivity contribution in [2.24, 2.45) is 11.3 Å². The average Bonchev–Trinajstić information content (AvgIpc) is 3.31. The second-order valence-electron chi connectivity index (χ2n) is 11.7. The number of nitrogens with one attached hydrogen (secondary N) is 1. The standard InChI is InChI=1S/C30H35F7N2O/c1-19(2)16-28(27(40)38-18-20-13-23(29(32,33)34)15-24(14-20)30(35,36)37)10-7-26(17-28)39-11-8-22(9-12-39)21-3-5-25(31)6-4-21/h3-6,13-15,19,22,26H,7-12,16-18H2,1-2H3,(H,38,40). The molecule has 2 atom stereocenters. The lowest BCUT2D eigenvalue weighted by Crippen LogP contribution is -2.44. The van der Waals surface area contributed by atoms with Crippen LogP contribution in [0.2, 0.25) is 0 Å². The van der Waals surface area contributed by atoms with Gasteiger partial charge in [-0.3, -0.25) is 4.79 Å².